The molecule has 1 aliphatic rings. The number of halogens is 3. The number of rotatable bonds is 5. The van der Waals surface area contributed by atoms with Crippen LogP contribution in [0.25, 0.3) is 10.9 Å². The van der Waals surface area contributed by atoms with Gasteiger partial charge in [0.15, 0.2) is 5.82 Å². The van der Waals surface area contributed by atoms with Crippen molar-refractivity contribution in [2.75, 3.05) is 18.4 Å². The van der Waals surface area contributed by atoms with Gasteiger partial charge in [-0.3, -0.25) is 4.79 Å². The molecule has 1 amide bonds. The van der Waals surface area contributed by atoms with Crippen molar-refractivity contribution in [2.45, 2.75) is 25.9 Å². The number of benzene rings is 2. The molecule has 1 fully saturated rings. The summed E-state index contributed by atoms with van der Waals surface area (Å²) in [5.74, 6) is 0.394. The molecule has 3 aromatic rings. The summed E-state index contributed by atoms with van der Waals surface area (Å²) in [4.78, 5) is 22.2. The Morgan fingerprint density at radius 2 is 2.03 bits per heavy atom. The Bertz CT molecular complexity index is 1200. The van der Waals surface area contributed by atoms with Crippen LogP contribution in [0.1, 0.15) is 18.4 Å². The lowest BCUT2D eigenvalue weighted by atomic mass is 10.1. The molecule has 0 saturated carbocycles. The van der Waals surface area contributed by atoms with Gasteiger partial charge in [-0.05, 0) is 42.8 Å². The molecule has 6 nitrogen and oxygen atoms in total. The number of hydrogen-bond donors (Lipinski definition) is 1. The van der Waals surface area contributed by atoms with E-state index in [0.29, 0.717) is 35.6 Å². The zero-order valence-electron chi connectivity index (χ0n) is 17.4. The minimum Gasteiger partial charge on any atom is -0.490 e. The predicted molar refractivity (Wildman–Crippen MR) is 124 cm³/mol. The third-order valence-electron chi connectivity index (χ3n) is 5.44. The highest BCUT2D eigenvalue weighted by molar-refractivity contribution is 6.42. The van der Waals surface area contributed by atoms with Crippen LogP contribution in [-0.4, -0.2) is 40.0 Å². The van der Waals surface area contributed by atoms with Gasteiger partial charge >= 0.3 is 0 Å². The van der Waals surface area contributed by atoms with Gasteiger partial charge < -0.3 is 15.0 Å². The highest BCUT2D eigenvalue weighted by atomic mass is 35.5. The molecule has 0 atom stereocenters. The average Bonchev–Trinajstić information content (AvgIpc) is 2.80. The second kappa shape index (κ2) is 9.30. The molecule has 0 unspecified atom stereocenters. The van der Waals surface area contributed by atoms with Crippen molar-refractivity contribution >= 4 is 51.5 Å². The van der Waals surface area contributed by atoms with Gasteiger partial charge in [0.25, 0.3) is 0 Å². The summed E-state index contributed by atoms with van der Waals surface area (Å²) in [5.41, 5.74) is 1.77. The molecule has 166 valence electrons. The quantitative estimate of drug-likeness (QED) is 0.380. The molecule has 1 aromatic heterocycles. The Balaban J connectivity index is 1.59. The summed E-state index contributed by atoms with van der Waals surface area (Å²) >= 11 is 11.8. The number of aryl methyl sites for hydroxylation is 1. The van der Waals surface area contributed by atoms with E-state index in [2.05, 4.69) is 21.9 Å². The Labute approximate surface area is 195 Å². The number of carbonyl (C=O) groups excluding carboxylic acids is 1. The molecular weight excluding hydrogens is 454 g/mol. The monoisotopic (exact) mass is 474 g/mol. The first-order chi connectivity index (χ1) is 15.4. The topological polar surface area (TPSA) is 67.3 Å². The highest BCUT2D eigenvalue weighted by Gasteiger charge is 2.23. The highest BCUT2D eigenvalue weighted by Crippen LogP contribution is 2.34. The van der Waals surface area contributed by atoms with E-state index in [9.17, 15) is 9.18 Å². The second-order valence-electron chi connectivity index (χ2n) is 7.55. The van der Waals surface area contributed by atoms with E-state index >= 15 is 0 Å². The lowest BCUT2D eigenvalue weighted by Gasteiger charge is -2.32. The van der Waals surface area contributed by atoms with E-state index in [1.165, 1.54) is 24.5 Å². The molecule has 0 spiro atoms. The molecule has 0 radical (unpaired) electrons. The fourth-order valence-corrected chi connectivity index (χ4v) is 3.98. The average molecular weight is 475 g/mol. The molecule has 1 N–H and O–H groups in total. The Morgan fingerprint density at radius 3 is 2.75 bits per heavy atom. The lowest BCUT2D eigenvalue weighted by Crippen LogP contribution is -2.41. The number of piperidine rings is 1. The smallest absolute Gasteiger partial charge is 0.245 e. The number of aromatic nitrogens is 2. The van der Waals surface area contributed by atoms with Crippen molar-refractivity contribution in [2.24, 2.45) is 0 Å². The zero-order valence-corrected chi connectivity index (χ0v) is 18.9. The summed E-state index contributed by atoms with van der Waals surface area (Å²) in [7, 11) is 0. The number of carbonyl (C=O) groups is 1. The van der Waals surface area contributed by atoms with E-state index < -0.39 is 5.82 Å². The first-order valence-electron chi connectivity index (χ1n) is 10.1. The molecular formula is C23H21Cl2FN4O2. The number of fused-ring (bicyclic) bond motifs is 1. The minimum atomic E-state index is -0.657. The van der Waals surface area contributed by atoms with E-state index in [1.54, 1.807) is 4.90 Å². The van der Waals surface area contributed by atoms with Crippen LogP contribution in [0.5, 0.6) is 5.75 Å². The largest absolute Gasteiger partial charge is 0.490 e. The number of likely N-dealkylation sites (tertiary alicyclic amines) is 1. The molecule has 0 aliphatic carbocycles. The van der Waals surface area contributed by atoms with Crippen LogP contribution in [0, 0.1) is 12.7 Å². The number of nitrogens with zero attached hydrogens (tertiary/aromatic N) is 3. The third kappa shape index (κ3) is 4.49. The molecule has 9 heteroatoms. The van der Waals surface area contributed by atoms with Gasteiger partial charge in [0, 0.05) is 31.3 Å². The zero-order chi connectivity index (χ0) is 22.8. The number of amides is 1. The molecule has 2 heterocycles. The standard InChI is InChI=1S/C23H21Cl2FN4O2/c1-3-20(31)30-8-6-14(7-9-30)32-19-11-15-18(10-13(19)2)27-12-28-23(15)29-17-5-4-16(24)21(25)22(17)26/h3-5,10-12,14H,1,6-9H2,2H3,(H,27,28,29). The van der Waals surface area contributed by atoms with Crippen molar-refractivity contribution < 1.29 is 13.9 Å². The second-order valence-corrected chi connectivity index (χ2v) is 8.34. The van der Waals surface area contributed by atoms with Crippen molar-refractivity contribution in [1.82, 2.24) is 14.9 Å². The first kappa shape index (κ1) is 22.3. The van der Waals surface area contributed by atoms with Crippen molar-refractivity contribution in [3.63, 3.8) is 0 Å². The minimum absolute atomic E-state index is 0.0198. The number of nitrogens with one attached hydrogen (secondary N) is 1. The Kier molecular flexibility index (Phi) is 6.48. The van der Waals surface area contributed by atoms with E-state index in [4.69, 9.17) is 27.9 Å². The Morgan fingerprint density at radius 1 is 1.28 bits per heavy atom. The van der Waals surface area contributed by atoms with Gasteiger partial charge in [-0.2, -0.15) is 0 Å². The summed E-state index contributed by atoms with van der Waals surface area (Å²) in [6.07, 6.45) is 4.17. The molecule has 1 aliphatic heterocycles. The van der Waals surface area contributed by atoms with E-state index in [-0.39, 0.29) is 27.7 Å². The van der Waals surface area contributed by atoms with E-state index in [1.807, 2.05) is 19.1 Å². The summed E-state index contributed by atoms with van der Waals surface area (Å²) in [5, 5.41) is 3.64. The van der Waals surface area contributed by atoms with Gasteiger partial charge in [-0.1, -0.05) is 29.8 Å². The molecule has 4 rings (SSSR count). The van der Waals surface area contributed by atoms with Gasteiger partial charge in [0.1, 0.15) is 24.0 Å². The SMILES string of the molecule is C=CC(=O)N1CCC(Oc2cc3c(Nc4ccc(Cl)c(Cl)c4F)ncnc3cc2C)CC1. The van der Waals surface area contributed by atoms with Crippen LogP contribution in [0.4, 0.5) is 15.9 Å². The molecule has 2 aromatic carbocycles. The van der Waals surface area contributed by atoms with Crippen molar-refractivity contribution in [3.05, 3.63) is 64.7 Å². The van der Waals surface area contributed by atoms with Gasteiger partial charge in [-0.15, -0.1) is 0 Å². The number of anilines is 2. The lowest BCUT2D eigenvalue weighted by molar-refractivity contribution is -0.127. The van der Waals surface area contributed by atoms with Crippen LogP contribution in [0.15, 0.2) is 43.2 Å². The van der Waals surface area contributed by atoms with E-state index in [0.717, 1.165) is 18.4 Å². The number of hydrogen-bond acceptors (Lipinski definition) is 5. The van der Waals surface area contributed by atoms with Gasteiger partial charge in [-0.25, -0.2) is 14.4 Å². The maximum Gasteiger partial charge on any atom is 0.245 e. The fourth-order valence-electron chi connectivity index (χ4n) is 3.67. The first-order valence-corrected chi connectivity index (χ1v) is 10.9. The third-order valence-corrected chi connectivity index (χ3v) is 6.22. The predicted octanol–water partition coefficient (Wildman–Crippen LogP) is 5.68. The summed E-state index contributed by atoms with van der Waals surface area (Å²) in [6.45, 7) is 6.72. The molecule has 32 heavy (non-hydrogen) atoms. The maximum absolute atomic E-state index is 14.5. The van der Waals surface area contributed by atoms with Crippen molar-refractivity contribution in [1.29, 1.82) is 0 Å². The summed E-state index contributed by atoms with van der Waals surface area (Å²) in [6, 6.07) is 6.77. The summed E-state index contributed by atoms with van der Waals surface area (Å²) < 4.78 is 20.8. The normalized spacial score (nSPS) is 14.4. The Hall–Kier alpha value is -2.90. The fraction of sp³-hybridized carbons (Fsp3) is 0.261. The van der Waals surface area contributed by atoms with Crippen LogP contribution in [0.2, 0.25) is 10.0 Å². The van der Waals surface area contributed by atoms with Crippen LogP contribution in [-0.2, 0) is 4.79 Å². The molecule has 0 bridgehead atoms. The van der Waals surface area contributed by atoms with Gasteiger partial charge in [0.05, 0.1) is 21.2 Å². The molecule has 1 saturated heterocycles. The van der Waals surface area contributed by atoms with Crippen LogP contribution in [0.3, 0.4) is 0 Å². The maximum atomic E-state index is 14.5. The number of ether oxygens (including phenoxy) is 1. The van der Waals surface area contributed by atoms with Gasteiger partial charge in [0.2, 0.25) is 5.91 Å². The van der Waals surface area contributed by atoms with Crippen LogP contribution >= 0.6 is 23.2 Å². The van der Waals surface area contributed by atoms with Crippen LogP contribution < -0.4 is 10.1 Å². The van der Waals surface area contributed by atoms with Crippen molar-refractivity contribution in [3.8, 4) is 5.75 Å².